The Bertz CT molecular complexity index is 65.3. The second kappa shape index (κ2) is 2.94. The molecule has 0 amide bonds. The molecule has 0 atom stereocenters. The van der Waals surface area contributed by atoms with Crippen molar-refractivity contribution in [2.24, 2.45) is 0 Å². The third kappa shape index (κ3) is 1.24. The van der Waals surface area contributed by atoms with Crippen LogP contribution in [-0.4, -0.2) is 15.2 Å². The molecule has 0 saturated carbocycles. The van der Waals surface area contributed by atoms with Crippen LogP contribution in [0.15, 0.2) is 6.33 Å². The minimum absolute atomic E-state index is 0. The normalized spacial score (nSPS) is 6.67. The Morgan fingerprint density at radius 3 is 2.67 bits per heavy atom. The van der Waals surface area contributed by atoms with Crippen molar-refractivity contribution in [3.8, 4) is 0 Å². The summed E-state index contributed by atoms with van der Waals surface area (Å²) in [7, 11) is 0. The van der Waals surface area contributed by atoms with Gasteiger partial charge in [0, 0.05) is 18.6 Å². The Morgan fingerprint density at radius 2 is 2.50 bits per heavy atom. The quantitative estimate of drug-likeness (QED) is 0.472. The zero-order chi connectivity index (χ0) is 3.54. The van der Waals surface area contributed by atoms with Crippen LogP contribution in [0.25, 0.3) is 0 Å². The van der Waals surface area contributed by atoms with Gasteiger partial charge in [-0.15, -0.1) is 0 Å². The first-order valence-corrected chi connectivity index (χ1v) is 1.21. The second-order valence-electron chi connectivity index (χ2n) is 0.597. The van der Waals surface area contributed by atoms with Crippen LogP contribution in [0.4, 0.5) is 0 Å². The molecule has 1 rings (SSSR count). The third-order valence-corrected chi connectivity index (χ3v) is 0.295. The van der Waals surface area contributed by atoms with Crippen molar-refractivity contribution in [2.75, 3.05) is 0 Å². The first kappa shape index (κ1) is 5.72. The molecule has 0 bridgehead atoms. The zero-order valence-corrected chi connectivity index (χ0v) is 4.32. The van der Waals surface area contributed by atoms with Gasteiger partial charge in [0.2, 0.25) is 0 Å². The second-order valence-corrected chi connectivity index (χ2v) is 0.597. The topological polar surface area (TPSA) is 41.6 Å². The molecule has 3 nitrogen and oxygen atoms in total. The summed E-state index contributed by atoms with van der Waals surface area (Å²) in [6.07, 6.45) is 3.76. The van der Waals surface area contributed by atoms with E-state index in [-0.39, 0.29) is 18.6 Å². The average Bonchev–Trinajstić information content (AvgIpc) is 1.76. The summed E-state index contributed by atoms with van der Waals surface area (Å²) in [5.74, 6) is 0. The van der Waals surface area contributed by atoms with Crippen LogP contribution < -0.4 is 0 Å². The fourth-order valence-electron chi connectivity index (χ4n) is 0.144. The number of aromatic amines is 1. The monoisotopic (exact) mass is 119 g/mol. The van der Waals surface area contributed by atoms with Crippen LogP contribution in [0.5, 0.6) is 0 Å². The number of H-pyrrole nitrogens is 1. The average molecular weight is 119 g/mol. The van der Waals surface area contributed by atoms with E-state index in [2.05, 4.69) is 21.5 Å². The van der Waals surface area contributed by atoms with Gasteiger partial charge in [-0.25, -0.2) is 0 Å². The van der Waals surface area contributed by atoms with E-state index < -0.39 is 0 Å². The van der Waals surface area contributed by atoms with Gasteiger partial charge in [-0.1, -0.05) is 6.33 Å². The van der Waals surface area contributed by atoms with Crippen LogP contribution in [0.1, 0.15) is 0 Å². The summed E-state index contributed by atoms with van der Waals surface area (Å²) < 4.78 is 0. The molecule has 0 aliphatic rings. The number of nitrogens with one attached hydrogen (secondary N) is 1. The van der Waals surface area contributed by atoms with E-state index in [9.17, 15) is 0 Å². The van der Waals surface area contributed by atoms with E-state index in [0.29, 0.717) is 0 Å². The molecular formula is C2H2N3V-. The van der Waals surface area contributed by atoms with Gasteiger partial charge in [0.1, 0.15) is 0 Å². The summed E-state index contributed by atoms with van der Waals surface area (Å²) in [5.41, 5.74) is 0. The van der Waals surface area contributed by atoms with Gasteiger partial charge in [-0.05, 0) is 6.33 Å². The molecule has 31 valence electrons. The molecule has 1 radical (unpaired) electrons. The molecule has 6 heavy (non-hydrogen) atoms. The Balaban J connectivity index is 0.000000250. The van der Waals surface area contributed by atoms with Crippen LogP contribution in [0.3, 0.4) is 0 Å². The summed E-state index contributed by atoms with van der Waals surface area (Å²) >= 11 is 0. The van der Waals surface area contributed by atoms with Crippen molar-refractivity contribution in [3.63, 3.8) is 0 Å². The number of nitrogens with zero attached hydrogens (tertiary/aromatic N) is 2. The molecule has 0 aliphatic heterocycles. The molecule has 0 spiro atoms. The fraction of sp³-hybridized carbons (Fsp3) is 0. The third-order valence-electron chi connectivity index (χ3n) is 0.295. The van der Waals surface area contributed by atoms with Gasteiger partial charge >= 0.3 is 0 Å². The number of hydrogen-bond donors (Lipinski definition) is 1. The molecular weight excluding hydrogens is 117 g/mol. The van der Waals surface area contributed by atoms with Crippen LogP contribution >= 0.6 is 0 Å². The van der Waals surface area contributed by atoms with E-state index in [4.69, 9.17) is 0 Å². The Hall–Kier alpha value is -0.276. The summed E-state index contributed by atoms with van der Waals surface area (Å²) in [6.45, 7) is 0. The SMILES string of the molecule is [V].[c-]1ncn[nH]1. The maximum Gasteiger partial charge on any atom is 0 e. The minimum Gasteiger partial charge on any atom is -0.421 e. The molecule has 0 aromatic carbocycles. The molecule has 1 aromatic heterocycles. The minimum atomic E-state index is 0. The molecule has 4 heteroatoms. The molecule has 0 aliphatic carbocycles. The fourth-order valence-corrected chi connectivity index (χ4v) is 0.144. The van der Waals surface area contributed by atoms with Gasteiger partial charge < -0.3 is 10.1 Å². The van der Waals surface area contributed by atoms with Gasteiger partial charge in [0.25, 0.3) is 0 Å². The van der Waals surface area contributed by atoms with Crippen molar-refractivity contribution in [1.82, 2.24) is 15.2 Å². The molecule has 1 N–H and O–H groups in total. The van der Waals surface area contributed by atoms with Gasteiger partial charge in [-0.2, -0.15) is 0 Å². The zero-order valence-electron chi connectivity index (χ0n) is 2.92. The van der Waals surface area contributed by atoms with E-state index in [1.54, 1.807) is 0 Å². The van der Waals surface area contributed by atoms with E-state index in [1.807, 2.05) is 0 Å². The van der Waals surface area contributed by atoms with E-state index in [1.165, 1.54) is 6.33 Å². The van der Waals surface area contributed by atoms with Crippen LogP contribution in [-0.2, 0) is 18.6 Å². The summed E-state index contributed by atoms with van der Waals surface area (Å²) in [6, 6.07) is 0. The maximum atomic E-state index is 3.43. The molecule has 1 heterocycles. The van der Waals surface area contributed by atoms with Crippen molar-refractivity contribution in [1.29, 1.82) is 0 Å². The first-order chi connectivity index (χ1) is 2.50. The maximum absolute atomic E-state index is 3.43. The smallest absolute Gasteiger partial charge is 0 e. The molecule has 0 fully saturated rings. The van der Waals surface area contributed by atoms with E-state index >= 15 is 0 Å². The van der Waals surface area contributed by atoms with Crippen LogP contribution in [0.2, 0.25) is 0 Å². The standard InChI is InChI=1S/C2H2N3.V/c1-3-2-5-4-1;/h1H,(H,3,4,5);/q-1;. The Morgan fingerprint density at radius 1 is 1.67 bits per heavy atom. The van der Waals surface area contributed by atoms with Crippen molar-refractivity contribution >= 4 is 0 Å². The number of hydrogen-bond acceptors (Lipinski definition) is 2. The Kier molecular flexibility index (Phi) is 2.80. The Labute approximate surface area is 47.1 Å². The molecule has 0 saturated heterocycles. The summed E-state index contributed by atoms with van der Waals surface area (Å²) in [5, 5.41) is 5.81. The van der Waals surface area contributed by atoms with Crippen molar-refractivity contribution in [2.45, 2.75) is 0 Å². The molecule has 1 aromatic rings. The van der Waals surface area contributed by atoms with Gasteiger partial charge in [0.05, 0.1) is 0 Å². The van der Waals surface area contributed by atoms with Gasteiger partial charge in [-0.3, -0.25) is 5.10 Å². The van der Waals surface area contributed by atoms with Gasteiger partial charge in [0.15, 0.2) is 0 Å². The number of aromatic nitrogens is 3. The first-order valence-electron chi connectivity index (χ1n) is 1.21. The van der Waals surface area contributed by atoms with E-state index in [0.717, 1.165) is 0 Å². The van der Waals surface area contributed by atoms with Crippen molar-refractivity contribution in [3.05, 3.63) is 12.7 Å². The largest absolute Gasteiger partial charge is 0.421 e. The van der Waals surface area contributed by atoms with Crippen molar-refractivity contribution < 1.29 is 18.6 Å². The predicted molar refractivity (Wildman–Crippen MR) is 15.2 cm³/mol. The predicted octanol–water partition coefficient (Wildman–Crippen LogP) is -0.398. The summed E-state index contributed by atoms with van der Waals surface area (Å²) in [4.78, 5) is 3.43. The molecule has 0 unspecified atom stereocenters. The number of rotatable bonds is 0. The van der Waals surface area contributed by atoms with Crippen LogP contribution in [0, 0.1) is 6.33 Å².